The zero-order chi connectivity index (χ0) is 13.6. The highest BCUT2D eigenvalue weighted by Gasteiger charge is 2.19. The molecule has 0 spiro atoms. The first-order valence-electron chi connectivity index (χ1n) is 5.94. The Bertz CT molecular complexity index is 783. The normalized spacial score (nSPS) is 11.1. The summed E-state index contributed by atoms with van der Waals surface area (Å²) in [7, 11) is 0. The van der Waals surface area contributed by atoms with Gasteiger partial charge in [0.1, 0.15) is 17.3 Å². The molecular weight excluding hydrogens is 245 g/mol. The number of aromatic nitrogens is 1. The Kier molecular flexibility index (Phi) is 2.52. The summed E-state index contributed by atoms with van der Waals surface area (Å²) in [5, 5.41) is 0.586. The lowest BCUT2D eigenvalue weighted by Crippen LogP contribution is -2.00. The Morgan fingerprint density at radius 3 is 2.68 bits per heavy atom. The third-order valence-corrected chi connectivity index (χ3v) is 3.17. The van der Waals surface area contributed by atoms with E-state index in [9.17, 15) is 9.18 Å². The quantitative estimate of drug-likeness (QED) is 0.711. The van der Waals surface area contributed by atoms with Gasteiger partial charge in [-0.3, -0.25) is 4.79 Å². The lowest BCUT2D eigenvalue weighted by Gasteiger charge is -1.98. The molecular formula is C15H12FNO2. The van der Waals surface area contributed by atoms with Crippen LogP contribution in [0.3, 0.4) is 0 Å². The maximum absolute atomic E-state index is 13.3. The molecule has 0 aliphatic rings. The summed E-state index contributed by atoms with van der Waals surface area (Å²) < 4.78 is 18.7. The minimum Gasteiger partial charge on any atom is -0.466 e. The van der Waals surface area contributed by atoms with Gasteiger partial charge < -0.3 is 9.40 Å². The minimum atomic E-state index is -0.360. The van der Waals surface area contributed by atoms with Crippen molar-refractivity contribution in [2.75, 3.05) is 0 Å². The monoisotopic (exact) mass is 257 g/mol. The van der Waals surface area contributed by atoms with Crippen molar-refractivity contribution in [3.05, 3.63) is 58.9 Å². The number of hydrogen-bond acceptors (Lipinski definition) is 2. The second-order valence-electron chi connectivity index (χ2n) is 4.55. The molecule has 1 N–H and O–H groups in total. The van der Waals surface area contributed by atoms with Crippen molar-refractivity contribution in [1.29, 1.82) is 0 Å². The molecule has 0 fully saturated rings. The van der Waals surface area contributed by atoms with Crippen LogP contribution in [0.1, 0.15) is 27.4 Å². The van der Waals surface area contributed by atoms with Gasteiger partial charge in [-0.2, -0.15) is 0 Å². The van der Waals surface area contributed by atoms with Crippen molar-refractivity contribution in [1.82, 2.24) is 4.98 Å². The van der Waals surface area contributed by atoms with Crippen LogP contribution in [0.2, 0.25) is 0 Å². The number of aryl methyl sites for hydroxylation is 2. The summed E-state index contributed by atoms with van der Waals surface area (Å²) >= 11 is 0. The Morgan fingerprint density at radius 1 is 1.21 bits per heavy atom. The van der Waals surface area contributed by atoms with E-state index >= 15 is 0 Å². The number of carbonyl (C=O) groups is 1. The lowest BCUT2D eigenvalue weighted by molar-refractivity contribution is 0.103. The van der Waals surface area contributed by atoms with Crippen molar-refractivity contribution in [2.24, 2.45) is 0 Å². The Hall–Kier alpha value is -2.36. The zero-order valence-corrected chi connectivity index (χ0v) is 10.6. The standard InChI is InChI=1S/C15H12FNO2/c1-8-5-11(9(2)19-8)15(18)13-7-17-14-4-3-10(16)6-12(13)14/h3-7,17H,1-2H3. The molecule has 0 unspecified atom stereocenters. The van der Waals surface area contributed by atoms with Gasteiger partial charge in [0.15, 0.2) is 5.78 Å². The van der Waals surface area contributed by atoms with Gasteiger partial charge in [-0.25, -0.2) is 4.39 Å². The van der Waals surface area contributed by atoms with Crippen LogP contribution in [-0.4, -0.2) is 10.8 Å². The van der Waals surface area contributed by atoms with Crippen LogP contribution < -0.4 is 0 Å². The van der Waals surface area contributed by atoms with E-state index < -0.39 is 0 Å². The molecule has 19 heavy (non-hydrogen) atoms. The smallest absolute Gasteiger partial charge is 0.198 e. The molecule has 3 nitrogen and oxygen atoms in total. The summed E-state index contributed by atoms with van der Waals surface area (Å²) in [6, 6.07) is 6.05. The van der Waals surface area contributed by atoms with Gasteiger partial charge in [-0.15, -0.1) is 0 Å². The number of benzene rings is 1. The molecule has 0 saturated carbocycles. The summed E-state index contributed by atoms with van der Waals surface area (Å²) in [5.41, 5.74) is 1.71. The van der Waals surface area contributed by atoms with E-state index in [1.54, 1.807) is 32.2 Å². The number of nitrogens with one attached hydrogen (secondary N) is 1. The number of fused-ring (bicyclic) bond motifs is 1. The summed E-state index contributed by atoms with van der Waals surface area (Å²) in [6.07, 6.45) is 1.61. The van der Waals surface area contributed by atoms with Crippen LogP contribution in [0.4, 0.5) is 4.39 Å². The van der Waals surface area contributed by atoms with Crippen molar-refractivity contribution in [2.45, 2.75) is 13.8 Å². The van der Waals surface area contributed by atoms with E-state index in [4.69, 9.17) is 4.42 Å². The van der Waals surface area contributed by atoms with Crippen LogP contribution in [0.15, 0.2) is 34.9 Å². The van der Waals surface area contributed by atoms with Gasteiger partial charge >= 0.3 is 0 Å². The van der Waals surface area contributed by atoms with E-state index in [1.807, 2.05) is 0 Å². The number of halogens is 1. The summed E-state index contributed by atoms with van der Waals surface area (Å²) in [6.45, 7) is 3.54. The van der Waals surface area contributed by atoms with Crippen LogP contribution in [0.25, 0.3) is 10.9 Å². The van der Waals surface area contributed by atoms with Crippen molar-refractivity contribution < 1.29 is 13.6 Å². The van der Waals surface area contributed by atoms with Crippen molar-refractivity contribution in [3.8, 4) is 0 Å². The number of aromatic amines is 1. The van der Waals surface area contributed by atoms with Crippen molar-refractivity contribution >= 4 is 16.7 Å². The van der Waals surface area contributed by atoms with E-state index in [1.165, 1.54) is 12.1 Å². The number of ketones is 1. The van der Waals surface area contributed by atoms with Gasteiger partial charge in [0, 0.05) is 22.7 Å². The number of furan rings is 1. The van der Waals surface area contributed by atoms with Gasteiger partial charge in [-0.05, 0) is 38.1 Å². The molecule has 3 rings (SSSR count). The highest BCUT2D eigenvalue weighted by Crippen LogP contribution is 2.24. The fourth-order valence-corrected chi connectivity index (χ4v) is 2.28. The number of carbonyl (C=O) groups excluding carboxylic acids is 1. The molecule has 0 aliphatic heterocycles. The summed E-state index contributed by atoms with van der Waals surface area (Å²) in [5.74, 6) is 0.743. The highest BCUT2D eigenvalue weighted by atomic mass is 19.1. The number of rotatable bonds is 2. The molecule has 0 atom stereocenters. The van der Waals surface area contributed by atoms with Crippen LogP contribution in [-0.2, 0) is 0 Å². The number of H-pyrrole nitrogens is 1. The third-order valence-electron chi connectivity index (χ3n) is 3.17. The van der Waals surface area contributed by atoms with Gasteiger partial charge in [-0.1, -0.05) is 0 Å². The average molecular weight is 257 g/mol. The third kappa shape index (κ3) is 1.85. The molecule has 96 valence electrons. The molecule has 1 aromatic carbocycles. The van der Waals surface area contributed by atoms with E-state index in [0.717, 1.165) is 5.52 Å². The molecule has 3 aromatic rings. The van der Waals surface area contributed by atoms with Crippen molar-refractivity contribution in [3.63, 3.8) is 0 Å². The SMILES string of the molecule is Cc1cc(C(=O)c2c[nH]c3ccc(F)cc23)c(C)o1. The largest absolute Gasteiger partial charge is 0.466 e. The fourth-order valence-electron chi connectivity index (χ4n) is 2.28. The van der Waals surface area contributed by atoms with Gasteiger partial charge in [0.2, 0.25) is 0 Å². The molecule has 2 aromatic heterocycles. The van der Waals surface area contributed by atoms with Crippen LogP contribution >= 0.6 is 0 Å². The van der Waals surface area contributed by atoms with Gasteiger partial charge in [0.25, 0.3) is 0 Å². The van der Waals surface area contributed by atoms with Crippen LogP contribution in [0, 0.1) is 19.7 Å². The molecule has 0 amide bonds. The topological polar surface area (TPSA) is 46.0 Å². The molecule has 0 bridgehead atoms. The summed E-state index contributed by atoms with van der Waals surface area (Å²) in [4.78, 5) is 15.4. The molecule has 0 aliphatic carbocycles. The first-order valence-corrected chi connectivity index (χ1v) is 5.94. The molecule has 2 heterocycles. The van der Waals surface area contributed by atoms with E-state index in [0.29, 0.717) is 28.0 Å². The lowest BCUT2D eigenvalue weighted by atomic mass is 10.0. The zero-order valence-electron chi connectivity index (χ0n) is 10.6. The fraction of sp³-hybridized carbons (Fsp3) is 0.133. The molecule has 0 saturated heterocycles. The van der Waals surface area contributed by atoms with E-state index in [2.05, 4.69) is 4.98 Å². The van der Waals surface area contributed by atoms with E-state index in [-0.39, 0.29) is 11.6 Å². The first-order chi connectivity index (χ1) is 9.06. The number of hydrogen-bond donors (Lipinski definition) is 1. The second-order valence-corrected chi connectivity index (χ2v) is 4.55. The Labute approximate surface area is 109 Å². The first kappa shape index (κ1) is 11.7. The Balaban J connectivity index is 2.16. The predicted octanol–water partition coefficient (Wildman–Crippen LogP) is 3.75. The molecule has 0 radical (unpaired) electrons. The van der Waals surface area contributed by atoms with Crippen LogP contribution in [0.5, 0.6) is 0 Å². The minimum absolute atomic E-state index is 0.161. The average Bonchev–Trinajstić information content (AvgIpc) is 2.91. The van der Waals surface area contributed by atoms with Gasteiger partial charge in [0.05, 0.1) is 5.56 Å². The Morgan fingerprint density at radius 2 is 2.00 bits per heavy atom. The molecule has 4 heteroatoms. The predicted molar refractivity (Wildman–Crippen MR) is 69.9 cm³/mol. The second kappa shape index (κ2) is 4.09. The maximum Gasteiger partial charge on any atom is 0.198 e. The maximum atomic E-state index is 13.3. The highest BCUT2D eigenvalue weighted by molar-refractivity contribution is 6.16.